The number of fused-ring (bicyclic) bond motifs is 1. The van der Waals surface area contributed by atoms with Gasteiger partial charge in [0.15, 0.2) is 5.69 Å². The van der Waals surface area contributed by atoms with Crippen molar-refractivity contribution in [3.05, 3.63) is 34.9 Å². The van der Waals surface area contributed by atoms with Crippen molar-refractivity contribution in [3.8, 4) is 11.3 Å². The zero-order chi connectivity index (χ0) is 15.1. The maximum atomic E-state index is 11.2. The number of hydrogen-bond donors (Lipinski definition) is 3. The van der Waals surface area contributed by atoms with E-state index in [0.29, 0.717) is 5.56 Å². The first kappa shape index (κ1) is 13.3. The normalized spacial score (nSPS) is 11.0. The summed E-state index contributed by atoms with van der Waals surface area (Å²) >= 11 is 5.83. The SMILES string of the molecule is Cc1ccc2[nH]ncc2c1-c1nc(Cl)nc(C(=O)O)c1N. The molecule has 0 spiro atoms. The summed E-state index contributed by atoms with van der Waals surface area (Å²) in [5, 5.41) is 16.6. The minimum atomic E-state index is -1.25. The van der Waals surface area contributed by atoms with Gasteiger partial charge in [0.05, 0.1) is 17.4 Å². The molecule has 3 rings (SSSR count). The number of carbonyl (C=O) groups is 1. The molecule has 3 aromatic rings. The molecule has 106 valence electrons. The number of carboxylic acid groups (broad SMARTS) is 1. The number of aryl methyl sites for hydroxylation is 1. The largest absolute Gasteiger partial charge is 0.476 e. The Hall–Kier alpha value is -2.67. The van der Waals surface area contributed by atoms with E-state index in [9.17, 15) is 4.79 Å². The van der Waals surface area contributed by atoms with Crippen molar-refractivity contribution in [2.24, 2.45) is 0 Å². The smallest absolute Gasteiger partial charge is 0.356 e. The van der Waals surface area contributed by atoms with E-state index in [-0.39, 0.29) is 22.4 Å². The van der Waals surface area contributed by atoms with Crippen molar-refractivity contribution in [2.45, 2.75) is 6.92 Å². The first-order chi connectivity index (χ1) is 9.99. The van der Waals surface area contributed by atoms with E-state index >= 15 is 0 Å². The van der Waals surface area contributed by atoms with Gasteiger partial charge in [0.1, 0.15) is 5.69 Å². The van der Waals surface area contributed by atoms with Crippen LogP contribution in [0.15, 0.2) is 18.3 Å². The molecular weight excluding hydrogens is 294 g/mol. The predicted octanol–water partition coefficient (Wildman–Crippen LogP) is 2.26. The summed E-state index contributed by atoms with van der Waals surface area (Å²) in [6.07, 6.45) is 1.63. The molecule has 2 heterocycles. The van der Waals surface area contributed by atoms with E-state index in [2.05, 4.69) is 20.2 Å². The molecule has 2 aromatic heterocycles. The first-order valence-corrected chi connectivity index (χ1v) is 6.36. The van der Waals surface area contributed by atoms with Crippen LogP contribution in [0, 0.1) is 6.92 Å². The molecule has 0 saturated carbocycles. The molecule has 0 radical (unpaired) electrons. The second-order valence-corrected chi connectivity index (χ2v) is 4.84. The average molecular weight is 304 g/mol. The van der Waals surface area contributed by atoms with E-state index in [1.165, 1.54) is 0 Å². The van der Waals surface area contributed by atoms with Crippen molar-refractivity contribution in [2.75, 3.05) is 5.73 Å². The first-order valence-electron chi connectivity index (χ1n) is 5.98. The number of hydrogen-bond acceptors (Lipinski definition) is 5. The van der Waals surface area contributed by atoms with Crippen LogP contribution in [-0.4, -0.2) is 31.2 Å². The molecule has 4 N–H and O–H groups in total. The number of anilines is 1. The summed E-state index contributed by atoms with van der Waals surface area (Å²) in [6, 6.07) is 3.74. The number of nitrogen functional groups attached to an aromatic ring is 1. The minimum Gasteiger partial charge on any atom is -0.476 e. The summed E-state index contributed by atoms with van der Waals surface area (Å²) in [5.41, 5.74) is 8.22. The maximum absolute atomic E-state index is 11.2. The highest BCUT2D eigenvalue weighted by Gasteiger charge is 2.20. The Morgan fingerprint density at radius 1 is 1.38 bits per heavy atom. The summed E-state index contributed by atoms with van der Waals surface area (Å²) in [4.78, 5) is 19.0. The van der Waals surface area contributed by atoms with Crippen LogP contribution in [-0.2, 0) is 0 Å². The van der Waals surface area contributed by atoms with Gasteiger partial charge in [-0.1, -0.05) is 6.07 Å². The monoisotopic (exact) mass is 303 g/mol. The van der Waals surface area contributed by atoms with Gasteiger partial charge in [0, 0.05) is 10.9 Å². The van der Waals surface area contributed by atoms with Gasteiger partial charge in [-0.3, -0.25) is 5.10 Å². The van der Waals surface area contributed by atoms with Crippen LogP contribution < -0.4 is 5.73 Å². The van der Waals surface area contributed by atoms with E-state index in [4.69, 9.17) is 22.4 Å². The van der Waals surface area contributed by atoms with Gasteiger partial charge in [0.2, 0.25) is 5.28 Å². The lowest BCUT2D eigenvalue weighted by Crippen LogP contribution is -2.09. The molecule has 0 unspecified atom stereocenters. The van der Waals surface area contributed by atoms with Crippen molar-refractivity contribution >= 4 is 34.2 Å². The number of rotatable bonds is 2. The fourth-order valence-electron chi connectivity index (χ4n) is 2.24. The Balaban J connectivity index is 2.40. The predicted molar refractivity (Wildman–Crippen MR) is 78.2 cm³/mol. The van der Waals surface area contributed by atoms with Crippen LogP contribution in [0.1, 0.15) is 16.1 Å². The number of aromatic carboxylic acids is 1. The Morgan fingerprint density at radius 3 is 2.86 bits per heavy atom. The van der Waals surface area contributed by atoms with Crippen molar-refractivity contribution in [1.82, 2.24) is 20.2 Å². The number of nitrogens with one attached hydrogen (secondary N) is 1. The highest BCUT2D eigenvalue weighted by molar-refractivity contribution is 6.28. The van der Waals surface area contributed by atoms with Crippen LogP contribution in [0.4, 0.5) is 5.69 Å². The van der Waals surface area contributed by atoms with Gasteiger partial charge < -0.3 is 10.8 Å². The third-order valence-electron chi connectivity index (χ3n) is 3.19. The van der Waals surface area contributed by atoms with Crippen molar-refractivity contribution in [3.63, 3.8) is 0 Å². The lowest BCUT2D eigenvalue weighted by atomic mass is 9.99. The standard InChI is InChI=1S/C13H10ClN5O2/c1-5-2-3-7-6(4-16-19-7)8(5)10-9(15)11(12(20)21)18-13(14)17-10/h2-4H,15H2,1H3,(H,16,19)(H,20,21). The Morgan fingerprint density at radius 2 is 2.14 bits per heavy atom. The summed E-state index contributed by atoms with van der Waals surface area (Å²) < 4.78 is 0. The third-order valence-corrected chi connectivity index (χ3v) is 3.36. The number of nitrogens with zero attached hydrogens (tertiary/aromatic N) is 3. The van der Waals surface area contributed by atoms with Gasteiger partial charge in [-0.05, 0) is 30.2 Å². The second-order valence-electron chi connectivity index (χ2n) is 4.50. The van der Waals surface area contributed by atoms with E-state index in [0.717, 1.165) is 16.5 Å². The van der Waals surface area contributed by atoms with Gasteiger partial charge in [0.25, 0.3) is 0 Å². The average Bonchev–Trinajstić information content (AvgIpc) is 2.89. The fraction of sp³-hybridized carbons (Fsp3) is 0.0769. The van der Waals surface area contributed by atoms with Gasteiger partial charge in [-0.2, -0.15) is 5.10 Å². The Labute approximate surface area is 123 Å². The molecule has 8 heteroatoms. The summed E-state index contributed by atoms with van der Waals surface area (Å²) in [5.74, 6) is -1.25. The molecule has 0 bridgehead atoms. The molecule has 0 atom stereocenters. The molecule has 1 aromatic carbocycles. The Bertz CT molecular complexity index is 874. The maximum Gasteiger partial charge on any atom is 0.356 e. The number of halogens is 1. The fourth-order valence-corrected chi connectivity index (χ4v) is 2.41. The summed E-state index contributed by atoms with van der Waals surface area (Å²) in [7, 11) is 0. The number of carboxylic acids is 1. The van der Waals surface area contributed by atoms with Gasteiger partial charge in [-0.25, -0.2) is 14.8 Å². The number of nitrogens with two attached hydrogens (primary N) is 1. The van der Waals surface area contributed by atoms with Crippen LogP contribution >= 0.6 is 11.6 Å². The van der Waals surface area contributed by atoms with E-state index in [1.807, 2.05) is 19.1 Å². The van der Waals surface area contributed by atoms with Crippen molar-refractivity contribution in [1.29, 1.82) is 0 Å². The zero-order valence-electron chi connectivity index (χ0n) is 10.9. The number of H-pyrrole nitrogens is 1. The molecule has 0 saturated heterocycles. The molecule has 0 aliphatic carbocycles. The van der Waals surface area contributed by atoms with Gasteiger partial charge >= 0.3 is 5.97 Å². The lowest BCUT2D eigenvalue weighted by molar-refractivity contribution is 0.0691. The van der Waals surface area contributed by atoms with E-state index < -0.39 is 5.97 Å². The molecule has 7 nitrogen and oxygen atoms in total. The quantitative estimate of drug-likeness (QED) is 0.625. The Kier molecular flexibility index (Phi) is 2.99. The zero-order valence-corrected chi connectivity index (χ0v) is 11.6. The summed E-state index contributed by atoms with van der Waals surface area (Å²) in [6.45, 7) is 1.87. The van der Waals surface area contributed by atoms with Crippen LogP contribution in [0.25, 0.3) is 22.2 Å². The lowest BCUT2D eigenvalue weighted by Gasteiger charge is -2.11. The second kappa shape index (κ2) is 4.71. The minimum absolute atomic E-state index is 0.0244. The highest BCUT2D eigenvalue weighted by atomic mass is 35.5. The van der Waals surface area contributed by atoms with E-state index in [1.54, 1.807) is 6.20 Å². The topological polar surface area (TPSA) is 118 Å². The number of aromatic amines is 1. The molecule has 0 fully saturated rings. The highest BCUT2D eigenvalue weighted by Crippen LogP contribution is 2.34. The molecule has 21 heavy (non-hydrogen) atoms. The molecule has 0 aliphatic rings. The molecular formula is C13H10ClN5O2. The molecule has 0 aliphatic heterocycles. The third kappa shape index (κ3) is 2.07. The number of benzene rings is 1. The van der Waals surface area contributed by atoms with Crippen LogP contribution in [0.5, 0.6) is 0 Å². The van der Waals surface area contributed by atoms with Gasteiger partial charge in [-0.15, -0.1) is 0 Å². The van der Waals surface area contributed by atoms with Crippen LogP contribution in [0.3, 0.4) is 0 Å². The van der Waals surface area contributed by atoms with Crippen molar-refractivity contribution < 1.29 is 9.90 Å². The van der Waals surface area contributed by atoms with Crippen LogP contribution in [0.2, 0.25) is 5.28 Å². The molecule has 0 amide bonds. The number of aromatic nitrogens is 4.